The second-order valence-corrected chi connectivity index (χ2v) is 6.47. The Morgan fingerprint density at radius 3 is 2.85 bits per heavy atom. The highest BCUT2D eigenvalue weighted by molar-refractivity contribution is 5.94. The van der Waals surface area contributed by atoms with E-state index in [1.54, 1.807) is 30.5 Å². The first-order chi connectivity index (χ1) is 13.2. The van der Waals surface area contributed by atoms with E-state index in [2.05, 4.69) is 10.3 Å². The summed E-state index contributed by atoms with van der Waals surface area (Å²) in [6, 6.07) is 14.9. The third-order valence-electron chi connectivity index (χ3n) is 4.67. The molecule has 1 aromatic heterocycles. The van der Waals surface area contributed by atoms with Crippen molar-refractivity contribution in [3.63, 3.8) is 0 Å². The van der Waals surface area contributed by atoms with Gasteiger partial charge in [-0.15, -0.1) is 0 Å². The summed E-state index contributed by atoms with van der Waals surface area (Å²) in [6.45, 7) is 0.982. The lowest BCUT2D eigenvalue weighted by Gasteiger charge is -2.26. The summed E-state index contributed by atoms with van der Waals surface area (Å²) in [7, 11) is 1.92. The van der Waals surface area contributed by atoms with Gasteiger partial charge >= 0.3 is 0 Å². The van der Waals surface area contributed by atoms with Crippen molar-refractivity contribution in [2.45, 2.75) is 19.1 Å². The average Bonchev–Trinajstić information content (AvgIpc) is 3.12. The van der Waals surface area contributed by atoms with E-state index < -0.39 is 0 Å². The van der Waals surface area contributed by atoms with E-state index >= 15 is 0 Å². The summed E-state index contributed by atoms with van der Waals surface area (Å²) in [5.74, 6) is 2.28. The zero-order chi connectivity index (χ0) is 18.6. The van der Waals surface area contributed by atoms with Gasteiger partial charge in [0, 0.05) is 37.0 Å². The third-order valence-corrected chi connectivity index (χ3v) is 4.67. The van der Waals surface area contributed by atoms with Gasteiger partial charge in [-0.3, -0.25) is 4.79 Å². The maximum atomic E-state index is 12.6. The molecule has 27 heavy (non-hydrogen) atoms. The Morgan fingerprint density at radius 2 is 2.07 bits per heavy atom. The number of para-hydroxylation sites is 1. The molecule has 6 heteroatoms. The maximum Gasteiger partial charge on any atom is 0.251 e. The summed E-state index contributed by atoms with van der Waals surface area (Å²) in [5, 5.41) is 3.10. The number of hydrogen-bond acceptors (Lipinski definition) is 4. The molecule has 6 nitrogen and oxygen atoms in total. The molecule has 4 rings (SSSR count). The van der Waals surface area contributed by atoms with Crippen LogP contribution in [0.25, 0.3) is 0 Å². The molecule has 2 aromatic carbocycles. The number of fused-ring (bicyclic) bond motifs is 1. The minimum Gasteiger partial charge on any atom is -0.493 e. The fraction of sp³-hybridized carbons (Fsp3) is 0.238. The Bertz CT molecular complexity index is 934. The number of ether oxygens (including phenoxy) is 2. The van der Waals surface area contributed by atoms with Gasteiger partial charge in [0.1, 0.15) is 23.9 Å². The Morgan fingerprint density at radius 1 is 1.26 bits per heavy atom. The Labute approximate surface area is 157 Å². The van der Waals surface area contributed by atoms with Gasteiger partial charge in [0.15, 0.2) is 0 Å². The molecule has 1 aliphatic heterocycles. The van der Waals surface area contributed by atoms with Crippen LogP contribution in [0, 0.1) is 0 Å². The predicted octanol–water partition coefficient (Wildman–Crippen LogP) is 3.25. The van der Waals surface area contributed by atoms with Crippen LogP contribution in [0.15, 0.2) is 60.9 Å². The molecule has 138 valence electrons. The summed E-state index contributed by atoms with van der Waals surface area (Å²) in [6.07, 6.45) is 4.37. The zero-order valence-electron chi connectivity index (χ0n) is 15.1. The molecule has 0 radical (unpaired) electrons. The number of imidazole rings is 1. The van der Waals surface area contributed by atoms with E-state index in [9.17, 15) is 4.79 Å². The molecule has 0 bridgehead atoms. The van der Waals surface area contributed by atoms with Crippen molar-refractivity contribution in [2.24, 2.45) is 7.05 Å². The molecule has 0 aliphatic carbocycles. The van der Waals surface area contributed by atoms with Gasteiger partial charge in [-0.1, -0.05) is 18.2 Å². The molecule has 0 fully saturated rings. The number of hydrogen-bond donors (Lipinski definition) is 1. The number of nitrogens with one attached hydrogen (secondary N) is 1. The van der Waals surface area contributed by atoms with Crippen LogP contribution < -0.4 is 14.8 Å². The van der Waals surface area contributed by atoms with Crippen LogP contribution in [0.2, 0.25) is 0 Å². The van der Waals surface area contributed by atoms with Crippen LogP contribution in [0.3, 0.4) is 0 Å². The molecule has 0 saturated carbocycles. The van der Waals surface area contributed by atoms with Gasteiger partial charge in [-0.2, -0.15) is 0 Å². The molecule has 1 amide bonds. The van der Waals surface area contributed by atoms with Crippen molar-refractivity contribution < 1.29 is 14.3 Å². The number of rotatable bonds is 5. The quantitative estimate of drug-likeness (QED) is 0.756. The summed E-state index contributed by atoms with van der Waals surface area (Å²) >= 11 is 0. The first-order valence-electron chi connectivity index (χ1n) is 8.92. The van der Waals surface area contributed by atoms with Crippen LogP contribution in [-0.4, -0.2) is 22.1 Å². The normalized spacial score (nSPS) is 15.5. The summed E-state index contributed by atoms with van der Waals surface area (Å²) in [5.41, 5.74) is 1.62. The topological polar surface area (TPSA) is 65.4 Å². The van der Waals surface area contributed by atoms with Crippen LogP contribution in [0.4, 0.5) is 0 Å². The van der Waals surface area contributed by atoms with Crippen molar-refractivity contribution in [1.29, 1.82) is 0 Å². The van der Waals surface area contributed by atoms with E-state index in [1.165, 1.54) is 0 Å². The van der Waals surface area contributed by atoms with Crippen LogP contribution in [0.5, 0.6) is 11.5 Å². The predicted molar refractivity (Wildman–Crippen MR) is 101 cm³/mol. The number of carbonyl (C=O) groups excluding carboxylic acids is 1. The lowest BCUT2D eigenvalue weighted by molar-refractivity contribution is 0.0924. The third kappa shape index (κ3) is 3.79. The van der Waals surface area contributed by atoms with Crippen molar-refractivity contribution in [3.05, 3.63) is 77.9 Å². The minimum absolute atomic E-state index is 0.0400. The van der Waals surface area contributed by atoms with E-state index in [-0.39, 0.29) is 11.9 Å². The first-order valence-corrected chi connectivity index (χ1v) is 8.92. The molecule has 0 saturated heterocycles. The van der Waals surface area contributed by atoms with Crippen LogP contribution in [0.1, 0.15) is 34.2 Å². The highest BCUT2D eigenvalue weighted by Crippen LogP contribution is 2.31. The molecule has 1 aliphatic rings. The van der Waals surface area contributed by atoms with Gasteiger partial charge in [0.25, 0.3) is 5.91 Å². The van der Waals surface area contributed by atoms with Gasteiger partial charge in [-0.25, -0.2) is 4.98 Å². The second kappa shape index (κ2) is 7.53. The highest BCUT2D eigenvalue weighted by atomic mass is 16.5. The first kappa shape index (κ1) is 17.1. The van der Waals surface area contributed by atoms with E-state index in [1.807, 2.05) is 42.1 Å². The fourth-order valence-electron chi connectivity index (χ4n) is 3.12. The summed E-state index contributed by atoms with van der Waals surface area (Å²) in [4.78, 5) is 16.8. The minimum atomic E-state index is -0.104. The zero-order valence-corrected chi connectivity index (χ0v) is 15.1. The number of aromatic nitrogens is 2. The maximum absolute atomic E-state index is 12.6. The smallest absolute Gasteiger partial charge is 0.251 e. The molecular formula is C21H21N3O3. The molecular weight excluding hydrogens is 342 g/mol. The van der Waals surface area contributed by atoms with Crippen molar-refractivity contribution in [2.75, 3.05) is 6.61 Å². The average molecular weight is 363 g/mol. The van der Waals surface area contributed by atoms with Crippen LogP contribution >= 0.6 is 0 Å². The van der Waals surface area contributed by atoms with Gasteiger partial charge in [0.05, 0.1) is 12.6 Å². The van der Waals surface area contributed by atoms with Gasteiger partial charge in [0.2, 0.25) is 0 Å². The van der Waals surface area contributed by atoms with Gasteiger partial charge < -0.3 is 19.4 Å². The standard InChI is InChI=1S/C21H21N3O3/c1-24-12-11-22-20(24)14-27-16-8-6-15(7-9-16)21(25)23-18-10-13-26-19-5-3-2-4-17(18)19/h2-9,11-12,18H,10,13-14H2,1H3,(H,23,25). The number of aryl methyl sites for hydroxylation is 1. The van der Waals surface area contributed by atoms with Gasteiger partial charge in [-0.05, 0) is 30.3 Å². The van der Waals surface area contributed by atoms with E-state index in [0.29, 0.717) is 24.5 Å². The van der Waals surface area contributed by atoms with Crippen molar-refractivity contribution >= 4 is 5.91 Å². The number of carbonyl (C=O) groups is 1. The molecule has 2 heterocycles. The molecule has 1 unspecified atom stereocenters. The van der Waals surface area contributed by atoms with Crippen LogP contribution in [-0.2, 0) is 13.7 Å². The molecule has 1 N–H and O–H groups in total. The largest absolute Gasteiger partial charge is 0.493 e. The Hall–Kier alpha value is -3.28. The Balaban J connectivity index is 1.39. The van der Waals surface area contributed by atoms with Crippen molar-refractivity contribution in [3.8, 4) is 11.5 Å². The lowest BCUT2D eigenvalue weighted by atomic mass is 10.00. The van der Waals surface area contributed by atoms with Crippen molar-refractivity contribution in [1.82, 2.24) is 14.9 Å². The number of nitrogens with zero attached hydrogens (tertiary/aromatic N) is 2. The fourth-order valence-corrected chi connectivity index (χ4v) is 3.12. The van der Waals surface area contributed by atoms with E-state index in [4.69, 9.17) is 9.47 Å². The van der Waals surface area contributed by atoms with E-state index in [0.717, 1.165) is 23.6 Å². The lowest BCUT2D eigenvalue weighted by Crippen LogP contribution is -2.32. The summed E-state index contributed by atoms with van der Waals surface area (Å²) < 4.78 is 13.3. The number of amides is 1. The molecule has 0 spiro atoms. The SMILES string of the molecule is Cn1ccnc1COc1ccc(C(=O)NC2CCOc3ccccc32)cc1. The molecule has 3 aromatic rings. The second-order valence-electron chi connectivity index (χ2n) is 6.47. The molecule has 1 atom stereocenters. The Kier molecular flexibility index (Phi) is 4.78. The monoisotopic (exact) mass is 363 g/mol. The highest BCUT2D eigenvalue weighted by Gasteiger charge is 2.23. The number of benzene rings is 2.